The summed E-state index contributed by atoms with van der Waals surface area (Å²) in [5.41, 5.74) is 1.40. The summed E-state index contributed by atoms with van der Waals surface area (Å²) in [4.78, 5) is 12.7. The first-order chi connectivity index (χ1) is 20.1. The van der Waals surface area contributed by atoms with Crippen molar-refractivity contribution in [2.45, 2.75) is 129 Å². The van der Waals surface area contributed by atoms with Crippen LogP contribution in [-0.2, 0) is 15.4 Å². The number of halogens is 1. The van der Waals surface area contributed by atoms with Crippen LogP contribution in [0, 0.1) is 52.3 Å². The number of rotatable bonds is 7. The molecule has 10 atom stereocenters. The Balaban J connectivity index is 1.18. The quantitative estimate of drug-likeness (QED) is 0.322. The second-order valence-corrected chi connectivity index (χ2v) is 18.0. The predicted octanol–water partition coefficient (Wildman–Crippen LogP) is 8.63. The van der Waals surface area contributed by atoms with Crippen molar-refractivity contribution < 1.29 is 17.6 Å². The van der Waals surface area contributed by atoms with Crippen molar-refractivity contribution in [3.05, 3.63) is 29.8 Å². The van der Waals surface area contributed by atoms with Gasteiger partial charge in [-0.25, -0.2) is 22.3 Å². The van der Waals surface area contributed by atoms with Gasteiger partial charge in [0.2, 0.25) is 0 Å². The summed E-state index contributed by atoms with van der Waals surface area (Å²) in [6, 6.07) is 6.06. The molecule has 0 spiro atoms. The summed E-state index contributed by atoms with van der Waals surface area (Å²) < 4.78 is 43.2. The van der Waals surface area contributed by atoms with Gasteiger partial charge in [0, 0.05) is 6.54 Å². The maximum Gasteiger partial charge on any atom is 0.328 e. The van der Waals surface area contributed by atoms with Crippen molar-refractivity contribution in [3.63, 3.8) is 0 Å². The number of urea groups is 1. The van der Waals surface area contributed by atoms with E-state index in [2.05, 4.69) is 58.5 Å². The van der Waals surface area contributed by atoms with Crippen LogP contribution < -0.4 is 10.0 Å². The Kier molecular flexibility index (Phi) is 9.10. The first kappa shape index (κ1) is 32.8. The van der Waals surface area contributed by atoms with Gasteiger partial charge < -0.3 is 5.32 Å². The van der Waals surface area contributed by atoms with Gasteiger partial charge in [0.05, 0.1) is 4.90 Å². The van der Waals surface area contributed by atoms with Gasteiger partial charge >= 0.3 is 6.03 Å². The molecule has 0 saturated heterocycles. The molecule has 4 aliphatic rings. The van der Waals surface area contributed by atoms with Gasteiger partial charge in [-0.3, -0.25) is 0 Å². The van der Waals surface area contributed by atoms with Crippen molar-refractivity contribution in [2.75, 3.05) is 6.54 Å². The number of carbonyl (C=O) groups excluding carboxylic acids is 1. The number of carbonyl (C=O) groups is 1. The van der Waals surface area contributed by atoms with E-state index in [9.17, 15) is 13.2 Å². The van der Waals surface area contributed by atoms with Crippen LogP contribution in [0.5, 0.6) is 0 Å². The van der Waals surface area contributed by atoms with E-state index in [1.807, 2.05) is 0 Å². The van der Waals surface area contributed by atoms with Crippen LogP contribution in [0.4, 0.5) is 9.18 Å². The minimum Gasteiger partial charge on any atom is -0.337 e. The SMILES string of the molecule is CC[C@H]1CC2C3CCC([C@H](C)CCNC(=O)NS(=O)(=O)c4ccc(C(C)(C)C)cc4)[C@@]3(C)CCC2[C@@]2(C)CCC[C@H](F)[C@@H]12. The molecule has 4 fully saturated rings. The molecule has 43 heavy (non-hydrogen) atoms. The van der Waals surface area contributed by atoms with E-state index in [1.54, 1.807) is 24.3 Å². The summed E-state index contributed by atoms with van der Waals surface area (Å²) in [6.45, 7) is 16.3. The average molecular weight is 617 g/mol. The number of alkyl halides is 1. The lowest BCUT2D eigenvalue weighted by molar-refractivity contribution is -0.157. The largest absolute Gasteiger partial charge is 0.337 e. The van der Waals surface area contributed by atoms with E-state index in [0.717, 1.165) is 31.2 Å². The van der Waals surface area contributed by atoms with Crippen molar-refractivity contribution in [2.24, 2.45) is 52.3 Å². The first-order valence-electron chi connectivity index (χ1n) is 17.2. The number of hydrogen-bond donors (Lipinski definition) is 2. The van der Waals surface area contributed by atoms with Crippen molar-refractivity contribution >= 4 is 16.1 Å². The van der Waals surface area contributed by atoms with Crippen LogP contribution >= 0.6 is 0 Å². The molecule has 7 heteroatoms. The van der Waals surface area contributed by atoms with E-state index in [1.165, 1.54) is 38.5 Å². The highest BCUT2D eigenvalue weighted by Crippen LogP contribution is 2.69. The molecule has 0 radical (unpaired) electrons. The summed E-state index contributed by atoms with van der Waals surface area (Å²) in [6.07, 6.45) is 10.5. The Hall–Kier alpha value is -1.63. The Morgan fingerprint density at radius 3 is 2.35 bits per heavy atom. The normalized spacial score (nSPS) is 38.4. The van der Waals surface area contributed by atoms with E-state index >= 15 is 4.39 Å². The summed E-state index contributed by atoms with van der Waals surface area (Å²) >= 11 is 0. The first-order valence-corrected chi connectivity index (χ1v) is 18.7. The highest BCUT2D eigenvalue weighted by molar-refractivity contribution is 7.90. The fraction of sp³-hybridized carbons (Fsp3) is 0.806. The van der Waals surface area contributed by atoms with Crippen LogP contribution in [0.2, 0.25) is 0 Å². The molecule has 0 aliphatic heterocycles. The van der Waals surface area contributed by atoms with E-state index in [0.29, 0.717) is 42.1 Å². The number of nitrogens with one attached hydrogen (secondary N) is 2. The molecule has 5 nitrogen and oxygen atoms in total. The van der Waals surface area contributed by atoms with Crippen molar-refractivity contribution in [1.82, 2.24) is 10.0 Å². The summed E-state index contributed by atoms with van der Waals surface area (Å²) in [7, 11) is -3.93. The fourth-order valence-corrected chi connectivity index (χ4v) is 11.9. The molecule has 1 aromatic rings. The zero-order chi connectivity index (χ0) is 31.4. The molecule has 5 rings (SSSR count). The minimum absolute atomic E-state index is 0.0799. The average Bonchev–Trinajstić information content (AvgIpc) is 3.29. The predicted molar refractivity (Wildman–Crippen MR) is 172 cm³/mol. The molecule has 242 valence electrons. The number of benzene rings is 1. The van der Waals surface area contributed by atoms with E-state index in [4.69, 9.17) is 0 Å². The van der Waals surface area contributed by atoms with Crippen LogP contribution in [0.25, 0.3) is 0 Å². The second kappa shape index (κ2) is 11.9. The highest BCUT2D eigenvalue weighted by Gasteiger charge is 2.63. The molecule has 2 amide bonds. The Morgan fingerprint density at radius 2 is 1.70 bits per heavy atom. The Morgan fingerprint density at radius 1 is 1.02 bits per heavy atom. The number of hydrogen-bond acceptors (Lipinski definition) is 3. The van der Waals surface area contributed by atoms with E-state index < -0.39 is 22.2 Å². The van der Waals surface area contributed by atoms with Crippen LogP contribution in [0.3, 0.4) is 0 Å². The molecule has 0 heterocycles. The lowest BCUT2D eigenvalue weighted by Gasteiger charge is -2.63. The van der Waals surface area contributed by atoms with Gasteiger partial charge in [0.15, 0.2) is 0 Å². The molecule has 0 aromatic heterocycles. The van der Waals surface area contributed by atoms with Gasteiger partial charge in [0.1, 0.15) is 6.17 Å². The molecule has 0 bridgehead atoms. The van der Waals surface area contributed by atoms with Gasteiger partial charge in [-0.2, -0.15) is 0 Å². The molecule has 2 N–H and O–H groups in total. The monoisotopic (exact) mass is 616 g/mol. The maximum atomic E-state index is 15.4. The second-order valence-electron chi connectivity index (χ2n) is 16.4. The van der Waals surface area contributed by atoms with Gasteiger partial charge in [-0.05, 0) is 133 Å². The molecular formula is C36H57FN2O3S. The number of fused-ring (bicyclic) bond motifs is 5. The van der Waals surface area contributed by atoms with Gasteiger partial charge in [0.25, 0.3) is 10.0 Å². The molecule has 4 unspecified atom stereocenters. The highest BCUT2D eigenvalue weighted by atomic mass is 32.2. The van der Waals surface area contributed by atoms with Crippen LogP contribution in [0.15, 0.2) is 29.2 Å². The standard InChI is InChI=1S/C36H57FN2O3S/c1-8-24-22-27-29-16-15-28(35(29,6)20-17-30(27)36(7)19-9-10-31(37)32(24)36)23(2)18-21-38-33(40)39-43(41,42)26-13-11-25(12-14-26)34(3,4)5/h11-14,23-24,27-32H,8-10,15-22H2,1-7H3,(H2,38,39,40)/t23-,24+,27?,28?,29?,30?,31+,32-,35-,36-/m1/s1. The number of amides is 2. The lowest BCUT2D eigenvalue weighted by Crippen LogP contribution is -2.58. The molecular weight excluding hydrogens is 559 g/mol. The molecule has 1 aromatic carbocycles. The number of sulfonamides is 1. The smallest absolute Gasteiger partial charge is 0.328 e. The lowest BCUT2D eigenvalue weighted by atomic mass is 9.42. The summed E-state index contributed by atoms with van der Waals surface area (Å²) in [5.74, 6) is 3.86. The summed E-state index contributed by atoms with van der Waals surface area (Å²) in [5, 5.41) is 2.82. The maximum absolute atomic E-state index is 15.4. The Labute approximate surface area is 261 Å². The van der Waals surface area contributed by atoms with Crippen molar-refractivity contribution in [3.8, 4) is 0 Å². The third kappa shape index (κ3) is 6.02. The van der Waals surface area contributed by atoms with Crippen LogP contribution in [0.1, 0.15) is 118 Å². The van der Waals surface area contributed by atoms with Gasteiger partial charge in [-0.15, -0.1) is 0 Å². The topological polar surface area (TPSA) is 75.3 Å². The molecule has 4 saturated carbocycles. The van der Waals surface area contributed by atoms with E-state index in [-0.39, 0.29) is 27.1 Å². The molecule has 4 aliphatic carbocycles. The Bertz CT molecular complexity index is 1260. The fourth-order valence-electron chi connectivity index (χ4n) is 11.0. The zero-order valence-corrected chi connectivity index (χ0v) is 28.5. The third-order valence-corrected chi connectivity index (χ3v) is 14.5. The van der Waals surface area contributed by atoms with Crippen LogP contribution in [-0.4, -0.2) is 27.2 Å². The van der Waals surface area contributed by atoms with Crippen molar-refractivity contribution in [1.29, 1.82) is 0 Å². The third-order valence-electron chi connectivity index (χ3n) is 13.1. The minimum atomic E-state index is -3.93. The van der Waals surface area contributed by atoms with Gasteiger partial charge in [-0.1, -0.05) is 67.0 Å². The zero-order valence-electron chi connectivity index (χ0n) is 27.7.